The molecule has 1 fully saturated rings. The van der Waals surface area contributed by atoms with Gasteiger partial charge in [0.1, 0.15) is 4.88 Å². The monoisotopic (exact) mass is 255 g/mol. The van der Waals surface area contributed by atoms with E-state index in [4.69, 9.17) is 10.2 Å². The number of carboxylic acid groups (broad SMARTS) is 1. The molecule has 1 aliphatic carbocycles. The minimum atomic E-state index is -1.02. The number of carbonyl (C=O) groups excluding carboxylic acids is 1. The van der Waals surface area contributed by atoms with Crippen molar-refractivity contribution in [3.63, 3.8) is 0 Å². The number of hydrogen-bond acceptors (Lipinski definition) is 4. The number of nitrogens with zero attached hydrogens (tertiary/aromatic N) is 1. The number of amides is 1. The minimum absolute atomic E-state index is 0.0700. The highest BCUT2D eigenvalue weighted by Crippen LogP contribution is 2.29. The number of carboxylic acids is 1. The lowest BCUT2D eigenvalue weighted by Gasteiger charge is -2.20. The Hall–Kier alpha value is -1.40. The fourth-order valence-electron chi connectivity index (χ4n) is 1.65. The summed E-state index contributed by atoms with van der Waals surface area (Å²) < 4.78 is 0. The topological polar surface area (TPSA) is 77.8 Å². The van der Waals surface area contributed by atoms with Crippen molar-refractivity contribution < 1.29 is 19.8 Å². The maximum absolute atomic E-state index is 12.1. The molecule has 0 spiro atoms. The van der Waals surface area contributed by atoms with E-state index in [0.29, 0.717) is 11.4 Å². The van der Waals surface area contributed by atoms with Gasteiger partial charge in [-0.1, -0.05) is 0 Å². The summed E-state index contributed by atoms with van der Waals surface area (Å²) in [6.45, 7) is 0.239. The van der Waals surface area contributed by atoms with Crippen LogP contribution >= 0.6 is 11.3 Å². The normalized spacial score (nSPS) is 14.6. The van der Waals surface area contributed by atoms with Crippen molar-refractivity contribution in [2.24, 2.45) is 0 Å². The van der Waals surface area contributed by atoms with Crippen molar-refractivity contribution in [1.29, 1.82) is 0 Å². The molecule has 17 heavy (non-hydrogen) atoms. The van der Waals surface area contributed by atoms with Gasteiger partial charge in [0.2, 0.25) is 0 Å². The Morgan fingerprint density at radius 2 is 2.00 bits per heavy atom. The average Bonchev–Trinajstić information content (AvgIpc) is 3.00. The maximum atomic E-state index is 12.1. The third-order valence-corrected chi connectivity index (χ3v) is 3.68. The van der Waals surface area contributed by atoms with Crippen LogP contribution in [0.25, 0.3) is 0 Å². The van der Waals surface area contributed by atoms with Gasteiger partial charge in [0.05, 0.1) is 11.5 Å². The molecule has 6 heteroatoms. The summed E-state index contributed by atoms with van der Waals surface area (Å²) in [5.41, 5.74) is 0. The van der Waals surface area contributed by atoms with E-state index < -0.39 is 5.97 Å². The number of hydrogen-bond donors (Lipinski definition) is 2. The molecule has 0 bridgehead atoms. The lowest BCUT2D eigenvalue weighted by Crippen LogP contribution is -2.35. The molecule has 1 saturated carbocycles. The summed E-state index contributed by atoms with van der Waals surface area (Å²) in [7, 11) is 0. The highest BCUT2D eigenvalue weighted by atomic mass is 32.1. The highest BCUT2D eigenvalue weighted by Gasteiger charge is 2.33. The first-order chi connectivity index (χ1) is 8.13. The Morgan fingerprint density at radius 3 is 2.47 bits per heavy atom. The Morgan fingerprint density at radius 1 is 1.35 bits per heavy atom. The zero-order valence-electron chi connectivity index (χ0n) is 9.13. The van der Waals surface area contributed by atoms with Crippen LogP contribution in [0.1, 0.15) is 32.2 Å². The summed E-state index contributed by atoms with van der Waals surface area (Å²) in [6.07, 6.45) is 1.92. The molecule has 0 aliphatic heterocycles. The SMILES string of the molecule is O=C(O)c1ccc(C(=O)N(CCO)C2CC2)s1. The molecular weight excluding hydrogens is 242 g/mol. The van der Waals surface area contributed by atoms with Gasteiger partial charge in [0, 0.05) is 12.6 Å². The first kappa shape index (κ1) is 12.1. The van der Waals surface area contributed by atoms with Crippen molar-refractivity contribution in [3.8, 4) is 0 Å². The zero-order valence-corrected chi connectivity index (χ0v) is 9.94. The molecule has 0 saturated heterocycles. The molecule has 0 unspecified atom stereocenters. The quantitative estimate of drug-likeness (QED) is 0.824. The van der Waals surface area contributed by atoms with E-state index >= 15 is 0 Å². The van der Waals surface area contributed by atoms with E-state index in [1.165, 1.54) is 12.1 Å². The van der Waals surface area contributed by atoms with Gasteiger partial charge in [0.15, 0.2) is 0 Å². The van der Waals surface area contributed by atoms with Gasteiger partial charge in [0.25, 0.3) is 5.91 Å². The first-order valence-corrected chi connectivity index (χ1v) is 6.20. The van der Waals surface area contributed by atoms with E-state index in [-0.39, 0.29) is 23.4 Å². The van der Waals surface area contributed by atoms with Crippen molar-refractivity contribution >= 4 is 23.2 Å². The number of aliphatic hydroxyl groups is 1. The molecule has 5 nitrogen and oxygen atoms in total. The van der Waals surface area contributed by atoms with Gasteiger partial charge in [-0.3, -0.25) is 4.79 Å². The van der Waals surface area contributed by atoms with Crippen LogP contribution < -0.4 is 0 Å². The Balaban J connectivity index is 2.13. The average molecular weight is 255 g/mol. The molecule has 0 aromatic carbocycles. The van der Waals surface area contributed by atoms with Crippen LogP contribution in [0.3, 0.4) is 0 Å². The summed E-state index contributed by atoms with van der Waals surface area (Å²) in [6, 6.07) is 3.18. The predicted molar refractivity (Wildman–Crippen MR) is 62.4 cm³/mol. The summed E-state index contributed by atoms with van der Waals surface area (Å²) in [5, 5.41) is 17.7. The molecule has 92 valence electrons. The van der Waals surface area contributed by atoms with Gasteiger partial charge in [-0.25, -0.2) is 4.79 Å². The molecule has 1 amide bonds. The molecule has 0 atom stereocenters. The van der Waals surface area contributed by atoms with E-state index in [2.05, 4.69) is 0 Å². The minimum Gasteiger partial charge on any atom is -0.477 e. The Labute approximate surface area is 102 Å². The van der Waals surface area contributed by atoms with Crippen molar-refractivity contribution in [2.45, 2.75) is 18.9 Å². The van der Waals surface area contributed by atoms with Crippen LogP contribution in [-0.4, -0.2) is 46.2 Å². The van der Waals surface area contributed by atoms with E-state index in [0.717, 1.165) is 24.2 Å². The van der Waals surface area contributed by atoms with Crippen molar-refractivity contribution in [2.75, 3.05) is 13.2 Å². The molecule has 0 radical (unpaired) electrons. The number of aromatic carboxylic acids is 1. The molecular formula is C11H13NO4S. The van der Waals surface area contributed by atoms with Crippen molar-refractivity contribution in [1.82, 2.24) is 4.90 Å². The third-order valence-electron chi connectivity index (χ3n) is 2.62. The zero-order chi connectivity index (χ0) is 12.4. The first-order valence-electron chi connectivity index (χ1n) is 5.38. The third kappa shape index (κ3) is 2.65. The fraction of sp³-hybridized carbons (Fsp3) is 0.455. The smallest absolute Gasteiger partial charge is 0.345 e. The van der Waals surface area contributed by atoms with Crippen LogP contribution in [0.2, 0.25) is 0 Å². The molecule has 1 aromatic heterocycles. The highest BCUT2D eigenvalue weighted by molar-refractivity contribution is 7.15. The standard InChI is InChI=1S/C11H13NO4S/c13-6-5-12(7-1-2-7)10(14)8-3-4-9(17-8)11(15)16/h3-4,7,13H,1-2,5-6H2,(H,15,16). The molecule has 2 N–H and O–H groups in total. The molecule has 1 aliphatic rings. The van der Waals surface area contributed by atoms with Crippen molar-refractivity contribution in [3.05, 3.63) is 21.9 Å². The van der Waals surface area contributed by atoms with Gasteiger partial charge in [-0.2, -0.15) is 0 Å². The van der Waals surface area contributed by atoms with Gasteiger partial charge < -0.3 is 15.1 Å². The predicted octanol–water partition coefficient (Wildman–Crippen LogP) is 1.04. The Kier molecular flexibility index (Phi) is 3.44. The van der Waals surface area contributed by atoms with Gasteiger partial charge in [-0.05, 0) is 25.0 Å². The van der Waals surface area contributed by atoms with Crippen LogP contribution in [0.4, 0.5) is 0 Å². The lowest BCUT2D eigenvalue weighted by atomic mass is 10.3. The molecule has 1 aromatic rings. The van der Waals surface area contributed by atoms with Gasteiger partial charge in [-0.15, -0.1) is 11.3 Å². The second-order valence-corrected chi connectivity index (χ2v) is 5.01. The van der Waals surface area contributed by atoms with E-state index in [1.807, 2.05) is 0 Å². The molecule has 2 rings (SSSR count). The second kappa shape index (κ2) is 4.85. The number of carbonyl (C=O) groups is 2. The van der Waals surface area contributed by atoms with Gasteiger partial charge >= 0.3 is 5.97 Å². The summed E-state index contributed by atoms with van der Waals surface area (Å²) in [4.78, 5) is 25.0. The van der Waals surface area contributed by atoms with E-state index in [1.54, 1.807) is 4.90 Å². The lowest BCUT2D eigenvalue weighted by molar-refractivity contribution is 0.0699. The van der Waals surface area contributed by atoms with Crippen LogP contribution in [0, 0.1) is 0 Å². The number of aliphatic hydroxyl groups excluding tert-OH is 1. The fourth-order valence-corrected chi connectivity index (χ4v) is 2.45. The second-order valence-electron chi connectivity index (χ2n) is 3.92. The van der Waals surface area contributed by atoms with E-state index in [9.17, 15) is 9.59 Å². The number of rotatable bonds is 5. The maximum Gasteiger partial charge on any atom is 0.345 e. The summed E-state index contributed by atoms with van der Waals surface area (Å²) >= 11 is 0.976. The Bertz CT molecular complexity index is 438. The van der Waals surface area contributed by atoms with Crippen LogP contribution in [0.5, 0.6) is 0 Å². The largest absolute Gasteiger partial charge is 0.477 e. The number of thiophene rings is 1. The van der Waals surface area contributed by atoms with Crippen LogP contribution in [0.15, 0.2) is 12.1 Å². The van der Waals surface area contributed by atoms with Crippen LogP contribution in [-0.2, 0) is 0 Å². The summed E-state index contributed by atoms with van der Waals surface area (Å²) in [5.74, 6) is -1.20. The molecule has 1 heterocycles.